The molecule has 0 saturated heterocycles. The molecule has 1 aromatic carbocycles. The van der Waals surface area contributed by atoms with Crippen LogP contribution in [0.5, 0.6) is 0 Å². The summed E-state index contributed by atoms with van der Waals surface area (Å²) in [4.78, 5) is 16.8. The minimum absolute atomic E-state index is 0.148. The van der Waals surface area contributed by atoms with Gasteiger partial charge in [-0.15, -0.1) is 0 Å². The van der Waals surface area contributed by atoms with Crippen LogP contribution in [0.4, 0.5) is 16.6 Å². The minimum Gasteiger partial charge on any atom is -0.382 e. The van der Waals surface area contributed by atoms with Crippen LogP contribution >= 0.6 is 22.9 Å². The van der Waals surface area contributed by atoms with E-state index in [4.69, 9.17) is 17.3 Å². The fourth-order valence-electron chi connectivity index (χ4n) is 1.62. The second-order valence-corrected chi connectivity index (χ2v) is 7.01. The molecule has 0 bridgehead atoms. The molecular formula is C14H17ClN4OS. The molecule has 0 fully saturated rings. The molecule has 0 atom stereocenters. The van der Waals surface area contributed by atoms with Crippen LogP contribution in [0, 0.1) is 0 Å². The Bertz CT molecular complexity index is 663. The molecule has 2 aromatic rings. The molecule has 5 nitrogen and oxygen atoms in total. The Morgan fingerprint density at radius 3 is 2.71 bits per heavy atom. The molecule has 4 N–H and O–H groups in total. The molecule has 1 aromatic heterocycles. The van der Waals surface area contributed by atoms with Crippen molar-refractivity contribution in [2.24, 2.45) is 0 Å². The number of amides is 1. The number of nitrogens with zero attached hydrogens (tertiary/aromatic N) is 1. The molecule has 0 aliphatic heterocycles. The zero-order valence-corrected chi connectivity index (χ0v) is 13.6. The van der Waals surface area contributed by atoms with Gasteiger partial charge in [-0.05, 0) is 39.0 Å². The summed E-state index contributed by atoms with van der Waals surface area (Å²) in [6.45, 7) is 6.03. The van der Waals surface area contributed by atoms with Crippen molar-refractivity contribution in [1.29, 1.82) is 0 Å². The summed E-state index contributed by atoms with van der Waals surface area (Å²) in [5.41, 5.74) is 6.29. The Kier molecular flexibility index (Phi) is 4.39. The number of rotatable bonds is 3. The topological polar surface area (TPSA) is 80.0 Å². The van der Waals surface area contributed by atoms with E-state index in [1.54, 1.807) is 24.3 Å². The minimum atomic E-state index is -0.297. The first kappa shape index (κ1) is 15.6. The van der Waals surface area contributed by atoms with E-state index >= 15 is 0 Å². The van der Waals surface area contributed by atoms with Crippen LogP contribution in [-0.2, 0) is 0 Å². The predicted molar refractivity (Wildman–Crippen MR) is 89.3 cm³/mol. The Balaban J connectivity index is 2.16. The number of halogens is 1. The van der Waals surface area contributed by atoms with Gasteiger partial charge in [0.15, 0.2) is 5.13 Å². The molecule has 0 saturated carbocycles. The van der Waals surface area contributed by atoms with Gasteiger partial charge in [-0.3, -0.25) is 4.79 Å². The lowest BCUT2D eigenvalue weighted by Gasteiger charge is -2.19. The number of benzene rings is 1. The number of carbonyl (C=O) groups is 1. The van der Waals surface area contributed by atoms with Gasteiger partial charge in [0.2, 0.25) is 0 Å². The molecule has 2 rings (SSSR count). The Morgan fingerprint density at radius 1 is 1.38 bits per heavy atom. The average molecular weight is 325 g/mol. The van der Waals surface area contributed by atoms with E-state index in [1.807, 2.05) is 20.8 Å². The summed E-state index contributed by atoms with van der Waals surface area (Å²) in [5, 5.41) is 7.13. The quantitative estimate of drug-likeness (QED) is 0.801. The first-order valence-corrected chi connectivity index (χ1v) is 7.55. The molecule has 0 radical (unpaired) electrons. The molecule has 1 heterocycles. The fraction of sp³-hybridized carbons (Fsp3) is 0.286. The van der Waals surface area contributed by atoms with E-state index in [0.717, 1.165) is 0 Å². The predicted octanol–water partition coefficient (Wildman–Crippen LogP) is 3.84. The number of nitrogen functional groups attached to an aromatic ring is 1. The third-order valence-electron chi connectivity index (χ3n) is 2.42. The lowest BCUT2D eigenvalue weighted by atomic mass is 10.1. The highest BCUT2D eigenvalue weighted by molar-refractivity contribution is 7.18. The molecule has 0 unspecified atom stereocenters. The average Bonchev–Trinajstić information content (AvgIpc) is 2.67. The number of nitrogens with two attached hydrogens (primary N) is 1. The molecular weight excluding hydrogens is 308 g/mol. The van der Waals surface area contributed by atoms with Crippen molar-refractivity contribution < 1.29 is 4.79 Å². The van der Waals surface area contributed by atoms with Crippen molar-refractivity contribution >= 4 is 45.5 Å². The molecule has 21 heavy (non-hydrogen) atoms. The number of nitrogens with one attached hydrogen (secondary N) is 2. The smallest absolute Gasteiger partial charge is 0.269 e. The van der Waals surface area contributed by atoms with Gasteiger partial charge in [0.05, 0.1) is 0 Å². The van der Waals surface area contributed by atoms with Gasteiger partial charge >= 0.3 is 0 Å². The van der Waals surface area contributed by atoms with E-state index in [2.05, 4.69) is 15.6 Å². The van der Waals surface area contributed by atoms with Crippen molar-refractivity contribution in [2.45, 2.75) is 26.3 Å². The summed E-state index contributed by atoms with van der Waals surface area (Å²) in [7, 11) is 0. The van der Waals surface area contributed by atoms with Crippen LogP contribution in [0.2, 0.25) is 5.02 Å². The van der Waals surface area contributed by atoms with Crippen molar-refractivity contribution in [2.75, 3.05) is 16.4 Å². The van der Waals surface area contributed by atoms with Crippen molar-refractivity contribution in [1.82, 2.24) is 4.98 Å². The van der Waals surface area contributed by atoms with E-state index in [9.17, 15) is 4.79 Å². The lowest BCUT2D eigenvalue weighted by Crippen LogP contribution is -2.25. The highest BCUT2D eigenvalue weighted by atomic mass is 35.5. The third-order valence-corrected chi connectivity index (χ3v) is 3.64. The zero-order chi connectivity index (χ0) is 15.6. The van der Waals surface area contributed by atoms with Gasteiger partial charge in [-0.1, -0.05) is 29.0 Å². The molecule has 7 heteroatoms. The van der Waals surface area contributed by atoms with Gasteiger partial charge in [0.25, 0.3) is 5.91 Å². The lowest BCUT2D eigenvalue weighted by molar-refractivity contribution is 0.103. The van der Waals surface area contributed by atoms with Crippen LogP contribution in [0.25, 0.3) is 0 Å². The van der Waals surface area contributed by atoms with Gasteiger partial charge in [0, 0.05) is 16.2 Å². The van der Waals surface area contributed by atoms with Crippen LogP contribution in [0.15, 0.2) is 24.3 Å². The number of anilines is 3. The maximum Gasteiger partial charge on any atom is 0.269 e. The summed E-state index contributed by atoms with van der Waals surface area (Å²) < 4.78 is 0. The molecule has 1 amide bonds. The number of carbonyl (C=O) groups excluding carboxylic acids is 1. The van der Waals surface area contributed by atoms with Gasteiger partial charge in [-0.2, -0.15) is 0 Å². The Hall–Kier alpha value is -1.79. The number of hydrogen-bond acceptors (Lipinski definition) is 5. The third kappa shape index (κ3) is 4.34. The summed E-state index contributed by atoms with van der Waals surface area (Å²) >= 11 is 7.11. The standard InChI is InChI=1S/C14H17ClN4OS/c1-14(2,3)19-13-18-11(16)10(21-13)12(20)17-9-6-4-5-8(15)7-9/h4-7H,16H2,1-3H3,(H,17,20)(H,18,19). The largest absolute Gasteiger partial charge is 0.382 e. The number of hydrogen-bond donors (Lipinski definition) is 3. The van der Waals surface area contributed by atoms with Crippen LogP contribution in [0.3, 0.4) is 0 Å². The summed E-state index contributed by atoms with van der Waals surface area (Å²) in [5.74, 6) is -0.0829. The van der Waals surface area contributed by atoms with Gasteiger partial charge in [0.1, 0.15) is 10.7 Å². The van der Waals surface area contributed by atoms with E-state index in [0.29, 0.717) is 20.7 Å². The van der Waals surface area contributed by atoms with Crippen LogP contribution in [0.1, 0.15) is 30.4 Å². The highest BCUT2D eigenvalue weighted by Crippen LogP contribution is 2.28. The second kappa shape index (κ2) is 5.91. The first-order chi connectivity index (χ1) is 9.74. The normalized spacial score (nSPS) is 11.2. The van der Waals surface area contributed by atoms with Gasteiger partial charge in [-0.25, -0.2) is 4.98 Å². The maximum atomic E-state index is 12.2. The molecule has 0 aliphatic rings. The molecule has 112 valence electrons. The Labute approximate surface area is 132 Å². The number of thiazole rings is 1. The van der Waals surface area contributed by atoms with E-state index in [1.165, 1.54) is 11.3 Å². The van der Waals surface area contributed by atoms with E-state index < -0.39 is 0 Å². The zero-order valence-electron chi connectivity index (χ0n) is 12.0. The van der Waals surface area contributed by atoms with Gasteiger partial charge < -0.3 is 16.4 Å². The maximum absolute atomic E-state index is 12.2. The van der Waals surface area contributed by atoms with E-state index in [-0.39, 0.29) is 17.3 Å². The van der Waals surface area contributed by atoms with Crippen LogP contribution in [-0.4, -0.2) is 16.4 Å². The second-order valence-electron chi connectivity index (χ2n) is 5.57. The Morgan fingerprint density at radius 2 is 2.10 bits per heavy atom. The number of aromatic nitrogens is 1. The van der Waals surface area contributed by atoms with Crippen molar-refractivity contribution in [3.63, 3.8) is 0 Å². The first-order valence-electron chi connectivity index (χ1n) is 6.36. The summed E-state index contributed by atoms with van der Waals surface area (Å²) in [6, 6.07) is 6.94. The van der Waals surface area contributed by atoms with Crippen molar-refractivity contribution in [3.05, 3.63) is 34.2 Å². The highest BCUT2D eigenvalue weighted by Gasteiger charge is 2.19. The fourth-order valence-corrected chi connectivity index (χ4v) is 2.80. The summed E-state index contributed by atoms with van der Waals surface area (Å²) in [6.07, 6.45) is 0. The monoisotopic (exact) mass is 324 g/mol. The van der Waals surface area contributed by atoms with Crippen LogP contribution < -0.4 is 16.4 Å². The molecule has 0 spiro atoms. The molecule has 0 aliphatic carbocycles. The van der Waals surface area contributed by atoms with Crippen molar-refractivity contribution in [3.8, 4) is 0 Å². The SMILES string of the molecule is CC(C)(C)Nc1nc(N)c(C(=O)Nc2cccc(Cl)c2)s1.